The lowest BCUT2D eigenvalue weighted by molar-refractivity contribution is -0.129. The molecule has 0 saturated heterocycles. The molecule has 0 saturated carbocycles. The van der Waals surface area contributed by atoms with Crippen LogP contribution in [0.2, 0.25) is 0 Å². The predicted octanol–water partition coefficient (Wildman–Crippen LogP) is 4.19. The number of fused-ring (bicyclic) bond motifs is 1. The van der Waals surface area contributed by atoms with E-state index in [4.69, 9.17) is 0 Å². The standard InChI is InChI=1S/C16H15BrN2OS/c1-19(9-11-6-15(17)21-10-11)16(20)7-12-8-18-14-5-3-2-4-13(12)14/h2-6,8,10,18H,7,9H2,1H3. The molecule has 0 spiro atoms. The van der Waals surface area contributed by atoms with Crippen molar-refractivity contribution in [2.75, 3.05) is 7.05 Å². The topological polar surface area (TPSA) is 36.1 Å². The second-order valence-electron chi connectivity index (χ2n) is 5.05. The van der Waals surface area contributed by atoms with Gasteiger partial charge in [-0.2, -0.15) is 0 Å². The van der Waals surface area contributed by atoms with Crippen LogP contribution in [0.25, 0.3) is 10.9 Å². The van der Waals surface area contributed by atoms with Crippen LogP contribution in [-0.4, -0.2) is 22.8 Å². The van der Waals surface area contributed by atoms with E-state index < -0.39 is 0 Å². The molecule has 1 amide bonds. The summed E-state index contributed by atoms with van der Waals surface area (Å²) in [7, 11) is 1.85. The summed E-state index contributed by atoms with van der Waals surface area (Å²) in [6.45, 7) is 0.642. The molecule has 21 heavy (non-hydrogen) atoms. The number of halogens is 1. The third-order valence-corrected chi connectivity index (χ3v) is 5.04. The van der Waals surface area contributed by atoms with E-state index in [9.17, 15) is 4.79 Å². The Bertz CT molecular complexity index is 777. The van der Waals surface area contributed by atoms with E-state index in [0.29, 0.717) is 13.0 Å². The van der Waals surface area contributed by atoms with E-state index in [1.165, 1.54) is 0 Å². The Hall–Kier alpha value is -1.59. The van der Waals surface area contributed by atoms with Crippen molar-refractivity contribution in [3.8, 4) is 0 Å². The van der Waals surface area contributed by atoms with Gasteiger partial charge in [-0.3, -0.25) is 4.79 Å². The maximum atomic E-state index is 12.4. The van der Waals surface area contributed by atoms with Crippen LogP contribution in [0.1, 0.15) is 11.1 Å². The number of H-pyrrole nitrogens is 1. The van der Waals surface area contributed by atoms with Gasteiger partial charge in [-0.05, 0) is 44.6 Å². The van der Waals surface area contributed by atoms with E-state index in [1.54, 1.807) is 16.2 Å². The van der Waals surface area contributed by atoms with Gasteiger partial charge in [-0.25, -0.2) is 0 Å². The number of thiophene rings is 1. The Morgan fingerprint density at radius 1 is 1.38 bits per heavy atom. The van der Waals surface area contributed by atoms with Crippen molar-refractivity contribution in [3.05, 3.63) is 56.8 Å². The molecule has 1 aromatic carbocycles. The fraction of sp³-hybridized carbons (Fsp3) is 0.188. The average Bonchev–Trinajstić information content (AvgIpc) is 3.06. The number of hydrogen-bond acceptors (Lipinski definition) is 2. The molecule has 3 aromatic rings. The number of aromatic nitrogens is 1. The molecule has 0 unspecified atom stereocenters. The van der Waals surface area contributed by atoms with Crippen molar-refractivity contribution in [2.45, 2.75) is 13.0 Å². The second-order valence-corrected chi connectivity index (χ2v) is 7.34. The molecule has 2 aromatic heterocycles. The normalized spacial score (nSPS) is 11.0. The highest BCUT2D eigenvalue weighted by Crippen LogP contribution is 2.22. The summed E-state index contributed by atoms with van der Waals surface area (Å²) in [5, 5.41) is 3.19. The van der Waals surface area contributed by atoms with E-state index in [2.05, 4.69) is 32.4 Å². The van der Waals surface area contributed by atoms with Gasteiger partial charge in [-0.15, -0.1) is 11.3 Å². The van der Waals surface area contributed by atoms with Crippen LogP contribution >= 0.6 is 27.3 Å². The molecule has 1 N–H and O–H groups in total. The van der Waals surface area contributed by atoms with Crippen LogP contribution in [0.15, 0.2) is 45.7 Å². The van der Waals surface area contributed by atoms with E-state index in [0.717, 1.165) is 25.8 Å². The molecule has 0 aliphatic rings. The molecule has 0 fully saturated rings. The van der Waals surface area contributed by atoms with Crippen molar-refractivity contribution in [1.29, 1.82) is 0 Å². The van der Waals surface area contributed by atoms with Gasteiger partial charge in [0, 0.05) is 30.7 Å². The Balaban J connectivity index is 1.70. The largest absolute Gasteiger partial charge is 0.361 e. The highest BCUT2D eigenvalue weighted by Gasteiger charge is 2.13. The molecule has 5 heteroatoms. The van der Waals surface area contributed by atoms with Gasteiger partial charge in [0.05, 0.1) is 10.2 Å². The summed E-state index contributed by atoms with van der Waals surface area (Å²) in [5.74, 6) is 0.127. The highest BCUT2D eigenvalue weighted by molar-refractivity contribution is 9.11. The third-order valence-electron chi connectivity index (χ3n) is 3.48. The van der Waals surface area contributed by atoms with Crippen LogP contribution in [0, 0.1) is 0 Å². The quantitative estimate of drug-likeness (QED) is 0.741. The fourth-order valence-electron chi connectivity index (χ4n) is 2.37. The predicted molar refractivity (Wildman–Crippen MR) is 90.5 cm³/mol. The van der Waals surface area contributed by atoms with Gasteiger partial charge in [0.2, 0.25) is 5.91 Å². The summed E-state index contributed by atoms with van der Waals surface area (Å²) in [6, 6.07) is 10.1. The lowest BCUT2D eigenvalue weighted by Gasteiger charge is -2.16. The molecular weight excluding hydrogens is 348 g/mol. The van der Waals surface area contributed by atoms with Gasteiger partial charge in [0.1, 0.15) is 0 Å². The van der Waals surface area contributed by atoms with E-state index in [1.807, 2.05) is 37.5 Å². The van der Waals surface area contributed by atoms with Gasteiger partial charge < -0.3 is 9.88 Å². The minimum Gasteiger partial charge on any atom is -0.361 e. The average molecular weight is 363 g/mol. The number of benzene rings is 1. The first-order valence-electron chi connectivity index (χ1n) is 6.65. The summed E-state index contributed by atoms with van der Waals surface area (Å²) in [4.78, 5) is 17.4. The molecule has 3 nitrogen and oxygen atoms in total. The molecule has 0 aliphatic carbocycles. The zero-order valence-corrected chi connectivity index (χ0v) is 14.0. The van der Waals surface area contributed by atoms with E-state index in [-0.39, 0.29) is 5.91 Å². The van der Waals surface area contributed by atoms with Crippen LogP contribution in [-0.2, 0) is 17.8 Å². The smallest absolute Gasteiger partial charge is 0.227 e. The summed E-state index contributed by atoms with van der Waals surface area (Å²) >= 11 is 5.08. The number of likely N-dealkylation sites (N-methyl/N-ethyl adjacent to an activating group) is 1. The van der Waals surface area contributed by atoms with Crippen molar-refractivity contribution >= 4 is 44.1 Å². The first kappa shape index (κ1) is 14.4. The minimum atomic E-state index is 0.127. The lowest BCUT2D eigenvalue weighted by Crippen LogP contribution is -2.27. The Labute approximate surface area is 135 Å². The van der Waals surface area contributed by atoms with Crippen molar-refractivity contribution < 1.29 is 4.79 Å². The number of amides is 1. The molecule has 3 rings (SSSR count). The number of carbonyl (C=O) groups excluding carboxylic acids is 1. The summed E-state index contributed by atoms with van der Waals surface area (Å²) in [5.41, 5.74) is 3.28. The third kappa shape index (κ3) is 3.19. The first-order valence-corrected chi connectivity index (χ1v) is 8.32. The van der Waals surface area contributed by atoms with Gasteiger partial charge in [-0.1, -0.05) is 18.2 Å². The Morgan fingerprint density at radius 2 is 2.19 bits per heavy atom. The number of nitrogens with zero attached hydrogens (tertiary/aromatic N) is 1. The first-order chi connectivity index (χ1) is 10.1. The number of rotatable bonds is 4. The van der Waals surface area contributed by atoms with Crippen molar-refractivity contribution in [2.24, 2.45) is 0 Å². The maximum absolute atomic E-state index is 12.4. The number of hydrogen-bond donors (Lipinski definition) is 1. The van der Waals surface area contributed by atoms with Gasteiger partial charge in [0.25, 0.3) is 0 Å². The van der Waals surface area contributed by atoms with Gasteiger partial charge >= 0.3 is 0 Å². The number of para-hydroxylation sites is 1. The highest BCUT2D eigenvalue weighted by atomic mass is 79.9. The summed E-state index contributed by atoms with van der Waals surface area (Å²) in [6.07, 6.45) is 2.35. The molecule has 0 aliphatic heterocycles. The van der Waals surface area contributed by atoms with Crippen LogP contribution in [0.3, 0.4) is 0 Å². The number of nitrogens with one attached hydrogen (secondary N) is 1. The van der Waals surface area contributed by atoms with Gasteiger partial charge in [0.15, 0.2) is 0 Å². The maximum Gasteiger partial charge on any atom is 0.227 e. The zero-order valence-electron chi connectivity index (χ0n) is 11.6. The van der Waals surface area contributed by atoms with Crippen LogP contribution in [0.5, 0.6) is 0 Å². The van der Waals surface area contributed by atoms with Crippen LogP contribution < -0.4 is 0 Å². The van der Waals surface area contributed by atoms with Crippen LogP contribution in [0.4, 0.5) is 0 Å². The zero-order chi connectivity index (χ0) is 14.8. The Kier molecular flexibility index (Phi) is 4.12. The molecule has 108 valence electrons. The SMILES string of the molecule is CN(Cc1csc(Br)c1)C(=O)Cc1c[nH]c2ccccc12. The minimum absolute atomic E-state index is 0.127. The van der Waals surface area contributed by atoms with Crippen molar-refractivity contribution in [1.82, 2.24) is 9.88 Å². The number of aromatic amines is 1. The molecule has 2 heterocycles. The monoisotopic (exact) mass is 362 g/mol. The van der Waals surface area contributed by atoms with E-state index >= 15 is 0 Å². The summed E-state index contributed by atoms with van der Waals surface area (Å²) < 4.78 is 1.09. The molecular formula is C16H15BrN2OS. The fourth-order valence-corrected chi connectivity index (χ4v) is 3.57. The Morgan fingerprint density at radius 3 is 2.95 bits per heavy atom. The number of carbonyl (C=O) groups is 1. The molecule has 0 atom stereocenters. The second kappa shape index (κ2) is 6.03. The molecule has 0 radical (unpaired) electrons. The lowest BCUT2D eigenvalue weighted by atomic mass is 10.1. The molecule has 0 bridgehead atoms. The van der Waals surface area contributed by atoms with Crippen molar-refractivity contribution in [3.63, 3.8) is 0 Å².